The van der Waals surface area contributed by atoms with E-state index in [1.165, 1.54) is 0 Å². The van der Waals surface area contributed by atoms with Crippen molar-refractivity contribution in [3.8, 4) is 16.9 Å². The summed E-state index contributed by atoms with van der Waals surface area (Å²) in [7, 11) is 0. The highest BCUT2D eigenvalue weighted by molar-refractivity contribution is 5.80. The second-order valence-electron chi connectivity index (χ2n) is 5.34. The molecule has 0 aliphatic carbocycles. The van der Waals surface area contributed by atoms with Crippen LogP contribution < -0.4 is 4.74 Å². The van der Waals surface area contributed by atoms with Crippen LogP contribution in [-0.2, 0) is 6.61 Å². The third kappa shape index (κ3) is 3.64. The summed E-state index contributed by atoms with van der Waals surface area (Å²) in [5, 5.41) is 0. The van der Waals surface area contributed by atoms with Gasteiger partial charge < -0.3 is 4.74 Å². The maximum absolute atomic E-state index is 11.1. The molecule has 0 unspecified atom stereocenters. The van der Waals surface area contributed by atoms with Crippen molar-refractivity contribution in [3.05, 3.63) is 83.7 Å². The number of pyridine rings is 1. The van der Waals surface area contributed by atoms with Crippen LogP contribution >= 0.6 is 0 Å². The largest absolute Gasteiger partial charge is 0.488 e. The quantitative estimate of drug-likeness (QED) is 0.654. The molecule has 0 spiro atoms. The lowest BCUT2D eigenvalue weighted by Gasteiger charge is -2.12. The maximum Gasteiger partial charge on any atom is 0.150 e. The lowest BCUT2D eigenvalue weighted by molar-refractivity contribution is 0.112. The highest BCUT2D eigenvalue weighted by Gasteiger charge is 2.09. The minimum atomic E-state index is 0.454. The first-order chi connectivity index (χ1) is 11.3. The highest BCUT2D eigenvalue weighted by atomic mass is 16.5. The first-order valence-corrected chi connectivity index (χ1v) is 7.45. The number of carbonyl (C=O) groups excluding carboxylic acids is 1. The number of aryl methyl sites for hydroxylation is 1. The van der Waals surface area contributed by atoms with Crippen molar-refractivity contribution in [1.29, 1.82) is 0 Å². The van der Waals surface area contributed by atoms with Gasteiger partial charge in [0.2, 0.25) is 0 Å². The van der Waals surface area contributed by atoms with Crippen LogP contribution in [0.4, 0.5) is 0 Å². The molecular formula is C20H17NO2. The lowest BCUT2D eigenvalue weighted by Crippen LogP contribution is -1.98. The molecular weight excluding hydrogens is 286 g/mol. The van der Waals surface area contributed by atoms with Crippen molar-refractivity contribution in [2.24, 2.45) is 0 Å². The molecule has 0 amide bonds. The van der Waals surface area contributed by atoms with Gasteiger partial charge in [-0.25, -0.2) is 0 Å². The highest BCUT2D eigenvalue weighted by Crippen LogP contribution is 2.31. The fourth-order valence-electron chi connectivity index (χ4n) is 2.33. The van der Waals surface area contributed by atoms with Crippen LogP contribution in [0.15, 0.2) is 66.9 Å². The van der Waals surface area contributed by atoms with Gasteiger partial charge in [-0.1, -0.05) is 42.5 Å². The molecule has 0 atom stereocenters. The van der Waals surface area contributed by atoms with E-state index in [1.54, 1.807) is 12.1 Å². The van der Waals surface area contributed by atoms with E-state index < -0.39 is 0 Å². The van der Waals surface area contributed by atoms with Gasteiger partial charge in [-0.15, -0.1) is 0 Å². The van der Waals surface area contributed by atoms with E-state index in [2.05, 4.69) is 4.98 Å². The maximum atomic E-state index is 11.1. The molecule has 0 N–H and O–H groups in total. The first-order valence-electron chi connectivity index (χ1n) is 7.45. The number of hydrogen-bond acceptors (Lipinski definition) is 3. The molecule has 114 valence electrons. The van der Waals surface area contributed by atoms with Crippen LogP contribution in [0, 0.1) is 6.92 Å². The second kappa shape index (κ2) is 6.88. The number of nitrogens with zero attached hydrogens (tertiary/aromatic N) is 1. The fourth-order valence-corrected chi connectivity index (χ4v) is 2.33. The standard InChI is InChI=1S/C20H17NO2/c1-15-7-9-18(12-21-15)19-10-8-17(13-22)11-20(19)23-14-16-5-3-2-4-6-16/h2-13H,14H2,1H3. The summed E-state index contributed by atoms with van der Waals surface area (Å²) in [6.45, 7) is 2.40. The lowest BCUT2D eigenvalue weighted by atomic mass is 10.0. The minimum absolute atomic E-state index is 0.454. The second-order valence-corrected chi connectivity index (χ2v) is 5.34. The smallest absolute Gasteiger partial charge is 0.150 e. The van der Waals surface area contributed by atoms with Crippen molar-refractivity contribution in [3.63, 3.8) is 0 Å². The van der Waals surface area contributed by atoms with Crippen LogP contribution in [0.3, 0.4) is 0 Å². The Morgan fingerprint density at radius 3 is 2.57 bits per heavy atom. The summed E-state index contributed by atoms with van der Waals surface area (Å²) in [5.74, 6) is 0.684. The summed E-state index contributed by atoms with van der Waals surface area (Å²) >= 11 is 0. The van der Waals surface area contributed by atoms with E-state index in [0.29, 0.717) is 17.9 Å². The van der Waals surface area contributed by atoms with Crippen LogP contribution in [0.1, 0.15) is 21.6 Å². The normalized spacial score (nSPS) is 10.3. The van der Waals surface area contributed by atoms with Gasteiger partial charge in [0.1, 0.15) is 18.6 Å². The minimum Gasteiger partial charge on any atom is -0.488 e. The predicted octanol–water partition coefficient (Wildman–Crippen LogP) is 4.45. The summed E-state index contributed by atoms with van der Waals surface area (Å²) in [5.41, 5.74) is 4.54. The molecule has 1 aromatic heterocycles. The zero-order valence-electron chi connectivity index (χ0n) is 12.9. The number of hydrogen-bond donors (Lipinski definition) is 0. The van der Waals surface area contributed by atoms with Crippen molar-refractivity contribution in [2.75, 3.05) is 0 Å². The zero-order chi connectivity index (χ0) is 16.1. The molecule has 0 aliphatic heterocycles. The molecule has 3 heteroatoms. The zero-order valence-corrected chi connectivity index (χ0v) is 12.9. The molecule has 3 nitrogen and oxygen atoms in total. The van der Waals surface area contributed by atoms with E-state index in [1.807, 2.05) is 61.7 Å². The van der Waals surface area contributed by atoms with Gasteiger partial charge in [0.25, 0.3) is 0 Å². The third-order valence-electron chi connectivity index (χ3n) is 3.60. The van der Waals surface area contributed by atoms with E-state index in [0.717, 1.165) is 28.7 Å². The van der Waals surface area contributed by atoms with Gasteiger partial charge in [-0.3, -0.25) is 9.78 Å². The number of aldehydes is 1. The monoisotopic (exact) mass is 303 g/mol. The Bertz CT molecular complexity index is 796. The SMILES string of the molecule is Cc1ccc(-c2ccc(C=O)cc2OCc2ccccc2)cn1. The average Bonchev–Trinajstić information content (AvgIpc) is 2.61. The number of benzene rings is 2. The molecule has 1 heterocycles. The molecule has 3 aromatic rings. The number of carbonyl (C=O) groups is 1. The summed E-state index contributed by atoms with van der Waals surface area (Å²) in [4.78, 5) is 15.4. The Morgan fingerprint density at radius 1 is 1.04 bits per heavy atom. The molecule has 23 heavy (non-hydrogen) atoms. The Kier molecular flexibility index (Phi) is 4.48. The van der Waals surface area contributed by atoms with Crippen molar-refractivity contribution < 1.29 is 9.53 Å². The summed E-state index contributed by atoms with van der Waals surface area (Å²) in [6, 6.07) is 19.4. The third-order valence-corrected chi connectivity index (χ3v) is 3.60. The number of rotatable bonds is 5. The van der Waals surface area contributed by atoms with Gasteiger partial charge in [0, 0.05) is 28.6 Å². The van der Waals surface area contributed by atoms with E-state index >= 15 is 0 Å². The molecule has 0 saturated carbocycles. The Labute approximate surface area is 135 Å². The molecule has 2 aromatic carbocycles. The number of aromatic nitrogens is 1. The Morgan fingerprint density at radius 2 is 1.87 bits per heavy atom. The molecule has 0 saturated heterocycles. The molecule has 0 bridgehead atoms. The fraction of sp³-hybridized carbons (Fsp3) is 0.100. The van der Waals surface area contributed by atoms with Crippen LogP contribution in [0.2, 0.25) is 0 Å². The molecule has 0 aliphatic rings. The molecule has 0 radical (unpaired) electrons. The van der Waals surface area contributed by atoms with Crippen molar-refractivity contribution in [1.82, 2.24) is 4.98 Å². The molecule has 0 fully saturated rings. The van der Waals surface area contributed by atoms with Crippen LogP contribution in [0.25, 0.3) is 11.1 Å². The topological polar surface area (TPSA) is 39.2 Å². The van der Waals surface area contributed by atoms with E-state index in [4.69, 9.17) is 4.74 Å². The van der Waals surface area contributed by atoms with Crippen LogP contribution in [0.5, 0.6) is 5.75 Å². The Balaban J connectivity index is 1.92. The van der Waals surface area contributed by atoms with Gasteiger partial charge >= 0.3 is 0 Å². The summed E-state index contributed by atoms with van der Waals surface area (Å²) in [6.07, 6.45) is 2.65. The van der Waals surface area contributed by atoms with E-state index in [9.17, 15) is 4.79 Å². The average molecular weight is 303 g/mol. The molecule has 3 rings (SSSR count). The summed E-state index contributed by atoms with van der Waals surface area (Å²) < 4.78 is 5.96. The first kappa shape index (κ1) is 15.0. The van der Waals surface area contributed by atoms with Crippen molar-refractivity contribution in [2.45, 2.75) is 13.5 Å². The van der Waals surface area contributed by atoms with Gasteiger partial charge in [0.05, 0.1) is 0 Å². The van der Waals surface area contributed by atoms with E-state index in [-0.39, 0.29) is 0 Å². The Hall–Kier alpha value is -2.94. The predicted molar refractivity (Wildman–Crippen MR) is 90.6 cm³/mol. The number of ether oxygens (including phenoxy) is 1. The van der Waals surface area contributed by atoms with Gasteiger partial charge in [0.15, 0.2) is 0 Å². The van der Waals surface area contributed by atoms with Crippen LogP contribution in [-0.4, -0.2) is 11.3 Å². The van der Waals surface area contributed by atoms with Gasteiger partial charge in [-0.05, 0) is 30.7 Å². The van der Waals surface area contributed by atoms with Crippen molar-refractivity contribution >= 4 is 6.29 Å². The van der Waals surface area contributed by atoms with Gasteiger partial charge in [-0.2, -0.15) is 0 Å².